The first kappa shape index (κ1) is 19.8. The molecule has 32 heavy (non-hydrogen) atoms. The van der Waals surface area contributed by atoms with Gasteiger partial charge >= 0.3 is 5.97 Å². The SMILES string of the molecule is O=C(O)c1ccc2nc(Cn3cc(C(=O)NCc4ncn5ccc(Cl)cc45)cn3)cn2c1. The molecule has 0 fully saturated rings. The Labute approximate surface area is 185 Å². The van der Waals surface area contributed by atoms with Crippen molar-refractivity contribution >= 4 is 34.6 Å². The minimum atomic E-state index is -1.00. The van der Waals surface area contributed by atoms with Crippen LogP contribution in [0.5, 0.6) is 0 Å². The molecule has 0 saturated heterocycles. The first-order valence-electron chi connectivity index (χ1n) is 9.59. The number of hydrogen-bond donors (Lipinski definition) is 2. The largest absolute Gasteiger partial charge is 0.478 e. The van der Waals surface area contributed by atoms with Crippen molar-refractivity contribution in [2.75, 3.05) is 0 Å². The highest BCUT2D eigenvalue weighted by Crippen LogP contribution is 2.16. The molecule has 0 aliphatic heterocycles. The van der Waals surface area contributed by atoms with Crippen LogP contribution in [-0.4, -0.2) is 45.5 Å². The lowest BCUT2D eigenvalue weighted by atomic mass is 10.3. The fourth-order valence-electron chi connectivity index (χ4n) is 3.40. The molecule has 1 amide bonds. The van der Waals surface area contributed by atoms with Gasteiger partial charge < -0.3 is 19.2 Å². The van der Waals surface area contributed by atoms with E-state index in [-0.39, 0.29) is 18.0 Å². The van der Waals surface area contributed by atoms with Crippen molar-refractivity contribution in [2.24, 2.45) is 0 Å². The predicted octanol–water partition coefficient (Wildman–Crippen LogP) is 2.51. The van der Waals surface area contributed by atoms with E-state index >= 15 is 0 Å². The average molecular weight is 450 g/mol. The molecule has 5 aromatic rings. The number of fused-ring (bicyclic) bond motifs is 2. The second-order valence-corrected chi connectivity index (χ2v) is 7.60. The summed E-state index contributed by atoms with van der Waals surface area (Å²) >= 11 is 6.05. The van der Waals surface area contributed by atoms with Crippen LogP contribution in [0.4, 0.5) is 0 Å². The molecule has 0 unspecified atom stereocenters. The molecule has 0 atom stereocenters. The number of carboxylic acid groups (broad SMARTS) is 1. The molecule has 11 heteroatoms. The van der Waals surface area contributed by atoms with E-state index in [9.17, 15) is 9.59 Å². The summed E-state index contributed by atoms with van der Waals surface area (Å²) < 4.78 is 5.08. The van der Waals surface area contributed by atoms with Crippen LogP contribution in [0.15, 0.2) is 61.6 Å². The molecule has 0 aliphatic rings. The molecule has 5 rings (SSSR count). The van der Waals surface area contributed by atoms with Crippen LogP contribution in [0.1, 0.15) is 32.1 Å². The van der Waals surface area contributed by atoms with Crippen molar-refractivity contribution in [1.29, 1.82) is 0 Å². The third kappa shape index (κ3) is 3.79. The highest BCUT2D eigenvalue weighted by Gasteiger charge is 2.12. The molecule has 0 saturated carbocycles. The van der Waals surface area contributed by atoms with Gasteiger partial charge in [-0.1, -0.05) is 11.6 Å². The van der Waals surface area contributed by atoms with Gasteiger partial charge in [-0.25, -0.2) is 14.8 Å². The average Bonchev–Trinajstić information content (AvgIpc) is 3.49. The standard InChI is InChI=1S/C21H16ClN7O3/c22-15-3-4-27-12-24-17(18(27)5-15)7-23-20(30)14-6-25-29(9-14)11-16-10-28-8-13(21(31)32)1-2-19(28)26-16/h1-6,8-10,12H,7,11H2,(H,23,30)(H,31,32). The van der Waals surface area contributed by atoms with E-state index in [0.717, 1.165) is 5.52 Å². The zero-order valence-electron chi connectivity index (χ0n) is 16.5. The predicted molar refractivity (Wildman–Crippen MR) is 115 cm³/mol. The van der Waals surface area contributed by atoms with Crippen molar-refractivity contribution in [3.05, 3.63) is 89.1 Å². The van der Waals surface area contributed by atoms with Gasteiger partial charge in [0.25, 0.3) is 5.91 Å². The van der Waals surface area contributed by atoms with E-state index in [1.165, 1.54) is 18.5 Å². The van der Waals surface area contributed by atoms with Gasteiger partial charge in [0.15, 0.2) is 0 Å². The number of carbonyl (C=O) groups is 2. The second-order valence-electron chi connectivity index (χ2n) is 7.16. The highest BCUT2D eigenvalue weighted by atomic mass is 35.5. The molecule has 160 valence electrons. The third-order valence-electron chi connectivity index (χ3n) is 4.96. The van der Waals surface area contributed by atoms with E-state index in [0.29, 0.717) is 34.2 Å². The number of hydrogen-bond acceptors (Lipinski definition) is 5. The fraction of sp³-hybridized carbons (Fsp3) is 0.0952. The maximum Gasteiger partial charge on any atom is 0.337 e. The lowest BCUT2D eigenvalue weighted by Gasteiger charge is -2.02. The first-order chi connectivity index (χ1) is 15.5. The van der Waals surface area contributed by atoms with Gasteiger partial charge in [-0.2, -0.15) is 5.10 Å². The zero-order chi connectivity index (χ0) is 22.2. The molecular weight excluding hydrogens is 434 g/mol. The van der Waals surface area contributed by atoms with E-state index in [1.54, 1.807) is 46.0 Å². The number of rotatable bonds is 6. The van der Waals surface area contributed by atoms with Crippen LogP contribution in [-0.2, 0) is 13.1 Å². The number of carbonyl (C=O) groups excluding carboxylic acids is 1. The normalized spacial score (nSPS) is 11.3. The number of aromatic nitrogens is 6. The van der Waals surface area contributed by atoms with E-state index < -0.39 is 5.97 Å². The zero-order valence-corrected chi connectivity index (χ0v) is 17.3. The molecule has 0 spiro atoms. The topological polar surface area (TPSA) is 119 Å². The van der Waals surface area contributed by atoms with Gasteiger partial charge in [-0.15, -0.1) is 0 Å². The monoisotopic (exact) mass is 449 g/mol. The maximum atomic E-state index is 12.6. The molecule has 2 N–H and O–H groups in total. The lowest BCUT2D eigenvalue weighted by Crippen LogP contribution is -2.22. The molecular formula is C21H16ClN7O3. The number of halogens is 1. The number of pyridine rings is 2. The Balaban J connectivity index is 1.27. The van der Waals surface area contributed by atoms with Crippen LogP contribution in [0.2, 0.25) is 5.02 Å². The van der Waals surface area contributed by atoms with Crippen LogP contribution < -0.4 is 5.32 Å². The first-order valence-corrected chi connectivity index (χ1v) is 9.97. The highest BCUT2D eigenvalue weighted by molar-refractivity contribution is 6.30. The number of aromatic carboxylic acids is 1. The van der Waals surface area contributed by atoms with Crippen LogP contribution in [0.3, 0.4) is 0 Å². The van der Waals surface area contributed by atoms with Gasteiger partial charge in [0.05, 0.1) is 53.6 Å². The van der Waals surface area contributed by atoms with E-state index in [1.807, 2.05) is 10.6 Å². The Bertz CT molecular complexity index is 1480. The molecule has 0 aromatic carbocycles. The number of nitrogens with zero attached hydrogens (tertiary/aromatic N) is 6. The van der Waals surface area contributed by atoms with Crippen LogP contribution in [0.25, 0.3) is 11.2 Å². The molecule has 10 nitrogen and oxygen atoms in total. The molecule has 0 radical (unpaired) electrons. The van der Waals surface area contributed by atoms with Gasteiger partial charge in [-0.3, -0.25) is 9.48 Å². The summed E-state index contributed by atoms with van der Waals surface area (Å²) in [6.45, 7) is 0.584. The second kappa shape index (κ2) is 7.82. The van der Waals surface area contributed by atoms with Crippen molar-refractivity contribution in [2.45, 2.75) is 13.1 Å². The van der Waals surface area contributed by atoms with E-state index in [2.05, 4.69) is 20.4 Å². The van der Waals surface area contributed by atoms with Crippen molar-refractivity contribution in [1.82, 2.24) is 33.9 Å². The summed E-state index contributed by atoms with van der Waals surface area (Å²) in [5.41, 5.74) is 3.42. The third-order valence-corrected chi connectivity index (χ3v) is 5.20. The minimum absolute atomic E-state index is 0.173. The maximum absolute atomic E-state index is 12.6. The quantitative estimate of drug-likeness (QED) is 0.411. The summed E-state index contributed by atoms with van der Waals surface area (Å²) in [6, 6.07) is 6.70. The summed E-state index contributed by atoms with van der Waals surface area (Å²) in [5.74, 6) is -1.28. The van der Waals surface area contributed by atoms with Gasteiger partial charge in [-0.05, 0) is 24.3 Å². The van der Waals surface area contributed by atoms with Crippen molar-refractivity contribution in [3.8, 4) is 0 Å². The summed E-state index contributed by atoms with van der Waals surface area (Å²) in [4.78, 5) is 32.4. The fourth-order valence-corrected chi connectivity index (χ4v) is 3.56. The van der Waals surface area contributed by atoms with Crippen molar-refractivity contribution < 1.29 is 14.7 Å². The summed E-state index contributed by atoms with van der Waals surface area (Å²) in [5, 5.41) is 16.8. The van der Waals surface area contributed by atoms with Gasteiger partial charge in [0.2, 0.25) is 0 Å². The smallest absolute Gasteiger partial charge is 0.337 e. The Kier molecular flexibility index (Phi) is 4.83. The van der Waals surface area contributed by atoms with E-state index in [4.69, 9.17) is 16.7 Å². The Morgan fingerprint density at radius 2 is 1.97 bits per heavy atom. The summed E-state index contributed by atoms with van der Waals surface area (Å²) in [6.07, 6.45) is 9.82. The Hall–Kier alpha value is -4.18. The Morgan fingerprint density at radius 3 is 2.81 bits per heavy atom. The van der Waals surface area contributed by atoms with Crippen molar-refractivity contribution in [3.63, 3.8) is 0 Å². The number of imidazole rings is 2. The number of amides is 1. The van der Waals surface area contributed by atoms with Crippen LogP contribution >= 0.6 is 11.6 Å². The molecule has 0 bridgehead atoms. The number of nitrogens with one attached hydrogen (secondary N) is 1. The van der Waals surface area contributed by atoms with Gasteiger partial charge in [0, 0.05) is 29.8 Å². The number of carboxylic acids is 1. The minimum Gasteiger partial charge on any atom is -0.478 e. The summed E-state index contributed by atoms with van der Waals surface area (Å²) in [7, 11) is 0. The molecule has 5 heterocycles. The molecule has 0 aliphatic carbocycles. The van der Waals surface area contributed by atoms with Gasteiger partial charge in [0.1, 0.15) is 5.65 Å². The lowest BCUT2D eigenvalue weighted by molar-refractivity contribution is 0.0696. The van der Waals surface area contributed by atoms with Crippen LogP contribution in [0, 0.1) is 0 Å². The molecule has 5 aromatic heterocycles. The Morgan fingerprint density at radius 1 is 1.09 bits per heavy atom.